The van der Waals surface area contributed by atoms with E-state index in [1.807, 2.05) is 37.3 Å². The van der Waals surface area contributed by atoms with E-state index in [9.17, 15) is 9.59 Å². The number of thiazole rings is 1. The molecule has 0 saturated carbocycles. The lowest BCUT2D eigenvalue weighted by Gasteiger charge is -2.16. The van der Waals surface area contributed by atoms with Crippen molar-refractivity contribution in [3.05, 3.63) is 59.2 Å². The van der Waals surface area contributed by atoms with Crippen molar-refractivity contribution in [2.75, 3.05) is 19.1 Å². The number of rotatable bonds is 7. The van der Waals surface area contributed by atoms with E-state index in [1.165, 1.54) is 11.3 Å². The summed E-state index contributed by atoms with van der Waals surface area (Å²) < 4.78 is 5.19. The molecule has 0 bridgehead atoms. The number of anilines is 1. The molecule has 150 valence electrons. The van der Waals surface area contributed by atoms with Crippen molar-refractivity contribution in [2.45, 2.75) is 19.9 Å². The number of carbonyl (C=O) groups excluding carboxylic acids is 2. The van der Waals surface area contributed by atoms with E-state index in [4.69, 9.17) is 4.74 Å². The van der Waals surface area contributed by atoms with E-state index in [0.29, 0.717) is 24.5 Å². The van der Waals surface area contributed by atoms with Crippen molar-refractivity contribution in [1.29, 1.82) is 0 Å². The second kappa shape index (κ2) is 9.29. The summed E-state index contributed by atoms with van der Waals surface area (Å²) in [5, 5.41) is 5.31. The number of aromatic nitrogens is 2. The van der Waals surface area contributed by atoms with Gasteiger partial charge < -0.3 is 15.0 Å². The van der Waals surface area contributed by atoms with Crippen LogP contribution in [0, 0.1) is 0 Å². The van der Waals surface area contributed by atoms with E-state index in [-0.39, 0.29) is 11.8 Å². The third-order valence-corrected chi connectivity index (χ3v) is 5.29. The summed E-state index contributed by atoms with van der Waals surface area (Å²) in [6.45, 7) is 2.13. The Kier molecular flexibility index (Phi) is 6.56. The molecule has 1 N–H and O–H groups in total. The highest BCUT2D eigenvalue weighted by molar-refractivity contribution is 7.13. The molecule has 2 heterocycles. The highest BCUT2D eigenvalue weighted by atomic mass is 32.1. The maximum Gasteiger partial charge on any atom is 0.271 e. The lowest BCUT2D eigenvalue weighted by atomic mass is 10.2. The molecule has 29 heavy (non-hydrogen) atoms. The van der Waals surface area contributed by atoms with Crippen LogP contribution < -0.4 is 15.0 Å². The summed E-state index contributed by atoms with van der Waals surface area (Å²) in [5.41, 5.74) is 2.86. The van der Waals surface area contributed by atoms with Gasteiger partial charge in [0.15, 0.2) is 0 Å². The fraction of sp³-hybridized carbons (Fsp3) is 0.238. The minimum atomic E-state index is -0.261. The van der Waals surface area contributed by atoms with Gasteiger partial charge in [0.1, 0.15) is 10.7 Å². The van der Waals surface area contributed by atoms with Crippen molar-refractivity contribution >= 4 is 28.8 Å². The SMILES string of the molecule is CCC(=O)N(C)c1ccc(-c2nc(C(=O)NCc3cccnc3OC)cs2)cc1. The predicted octanol–water partition coefficient (Wildman–Crippen LogP) is 3.52. The monoisotopic (exact) mass is 410 g/mol. The molecule has 0 radical (unpaired) electrons. The Bertz CT molecular complexity index is 1000. The van der Waals surface area contributed by atoms with Crippen molar-refractivity contribution in [2.24, 2.45) is 0 Å². The minimum absolute atomic E-state index is 0.0520. The first kappa shape index (κ1) is 20.5. The van der Waals surface area contributed by atoms with Crippen LogP contribution in [0.2, 0.25) is 0 Å². The highest BCUT2D eigenvalue weighted by Crippen LogP contribution is 2.26. The van der Waals surface area contributed by atoms with E-state index in [0.717, 1.165) is 21.8 Å². The number of carbonyl (C=O) groups is 2. The van der Waals surface area contributed by atoms with E-state index >= 15 is 0 Å². The van der Waals surface area contributed by atoms with Crippen LogP contribution in [-0.4, -0.2) is 35.9 Å². The van der Waals surface area contributed by atoms with Crippen LogP contribution in [-0.2, 0) is 11.3 Å². The summed E-state index contributed by atoms with van der Waals surface area (Å²) in [4.78, 5) is 34.4. The molecule has 0 unspecified atom stereocenters. The smallest absolute Gasteiger partial charge is 0.271 e. The van der Waals surface area contributed by atoms with Crippen molar-refractivity contribution in [3.8, 4) is 16.5 Å². The second-order valence-corrected chi connectivity index (χ2v) is 7.10. The average Bonchev–Trinajstić information content (AvgIpc) is 3.27. The van der Waals surface area contributed by atoms with Gasteiger partial charge >= 0.3 is 0 Å². The first-order valence-corrected chi connectivity index (χ1v) is 10.00. The molecule has 3 rings (SSSR count). The van der Waals surface area contributed by atoms with Gasteiger partial charge in [-0.2, -0.15) is 0 Å². The molecular weight excluding hydrogens is 388 g/mol. The average molecular weight is 410 g/mol. The Morgan fingerprint density at radius 2 is 1.97 bits per heavy atom. The van der Waals surface area contributed by atoms with Gasteiger partial charge in [-0.15, -0.1) is 11.3 Å². The third kappa shape index (κ3) is 4.78. The first-order chi connectivity index (χ1) is 14.0. The third-order valence-electron chi connectivity index (χ3n) is 4.40. The Hall–Kier alpha value is -3.26. The number of methoxy groups -OCH3 is 1. The summed E-state index contributed by atoms with van der Waals surface area (Å²) in [6, 6.07) is 11.2. The number of nitrogens with zero attached hydrogens (tertiary/aromatic N) is 3. The largest absolute Gasteiger partial charge is 0.481 e. The fourth-order valence-corrected chi connectivity index (χ4v) is 3.53. The van der Waals surface area contributed by atoms with Gasteiger partial charge in [0.2, 0.25) is 11.8 Å². The molecule has 0 aliphatic heterocycles. The zero-order chi connectivity index (χ0) is 20.8. The van der Waals surface area contributed by atoms with Crippen LogP contribution in [0.25, 0.3) is 10.6 Å². The fourth-order valence-electron chi connectivity index (χ4n) is 2.73. The molecule has 0 fully saturated rings. The van der Waals surface area contributed by atoms with Crippen LogP contribution in [0.5, 0.6) is 5.88 Å². The Morgan fingerprint density at radius 3 is 2.66 bits per heavy atom. The molecule has 2 aromatic heterocycles. The summed E-state index contributed by atoms with van der Waals surface area (Å²) in [5.74, 6) is 0.276. The van der Waals surface area contributed by atoms with Gasteiger partial charge in [0.25, 0.3) is 5.91 Å². The van der Waals surface area contributed by atoms with Crippen molar-refractivity contribution < 1.29 is 14.3 Å². The van der Waals surface area contributed by atoms with Crippen LogP contribution in [0.4, 0.5) is 5.69 Å². The number of benzene rings is 1. The number of ether oxygens (including phenoxy) is 1. The molecule has 0 spiro atoms. The number of nitrogens with one attached hydrogen (secondary N) is 1. The number of hydrogen-bond donors (Lipinski definition) is 1. The lowest BCUT2D eigenvalue weighted by molar-refractivity contribution is -0.118. The summed E-state index contributed by atoms with van der Waals surface area (Å²) >= 11 is 1.40. The van der Waals surface area contributed by atoms with Crippen LogP contribution >= 0.6 is 11.3 Å². The second-order valence-electron chi connectivity index (χ2n) is 6.25. The lowest BCUT2D eigenvalue weighted by Crippen LogP contribution is -2.24. The van der Waals surface area contributed by atoms with Gasteiger partial charge in [0.05, 0.1) is 7.11 Å². The number of pyridine rings is 1. The topological polar surface area (TPSA) is 84.4 Å². The Labute approximate surface area is 173 Å². The molecule has 0 aliphatic carbocycles. The molecule has 0 saturated heterocycles. The number of hydrogen-bond acceptors (Lipinski definition) is 6. The first-order valence-electron chi connectivity index (χ1n) is 9.12. The molecule has 8 heteroatoms. The standard InChI is InChI=1S/C21H22N4O3S/c1-4-18(26)25(2)16-9-7-14(8-10-16)21-24-17(13-29-21)19(27)23-12-15-6-5-11-22-20(15)28-3/h5-11,13H,4,12H2,1-3H3,(H,23,27). The van der Waals surface area contributed by atoms with Crippen molar-refractivity contribution in [3.63, 3.8) is 0 Å². The normalized spacial score (nSPS) is 10.4. The van der Waals surface area contributed by atoms with Gasteiger partial charge in [-0.1, -0.05) is 13.0 Å². The predicted molar refractivity (Wildman–Crippen MR) is 113 cm³/mol. The highest BCUT2D eigenvalue weighted by Gasteiger charge is 2.14. The molecule has 2 amide bonds. The van der Waals surface area contributed by atoms with Crippen LogP contribution in [0.15, 0.2) is 48.0 Å². The molecule has 1 aromatic carbocycles. The number of amides is 2. The van der Waals surface area contributed by atoms with Crippen LogP contribution in [0.3, 0.4) is 0 Å². The molecule has 0 atom stereocenters. The quantitative estimate of drug-likeness (QED) is 0.644. The molecular formula is C21H22N4O3S. The van der Waals surface area contributed by atoms with E-state index < -0.39 is 0 Å². The molecule has 3 aromatic rings. The Morgan fingerprint density at radius 1 is 1.21 bits per heavy atom. The Balaban J connectivity index is 1.67. The van der Waals surface area contributed by atoms with Gasteiger partial charge in [0, 0.05) is 48.4 Å². The maximum atomic E-state index is 12.4. The van der Waals surface area contributed by atoms with Gasteiger partial charge in [-0.25, -0.2) is 9.97 Å². The molecule has 0 aliphatic rings. The zero-order valence-electron chi connectivity index (χ0n) is 16.5. The molecule has 7 nitrogen and oxygen atoms in total. The van der Waals surface area contributed by atoms with E-state index in [2.05, 4.69) is 15.3 Å². The zero-order valence-corrected chi connectivity index (χ0v) is 17.3. The van der Waals surface area contributed by atoms with Gasteiger partial charge in [-0.05, 0) is 30.3 Å². The van der Waals surface area contributed by atoms with Crippen LogP contribution in [0.1, 0.15) is 29.4 Å². The maximum absolute atomic E-state index is 12.4. The minimum Gasteiger partial charge on any atom is -0.481 e. The van der Waals surface area contributed by atoms with E-state index in [1.54, 1.807) is 36.7 Å². The van der Waals surface area contributed by atoms with Gasteiger partial charge in [-0.3, -0.25) is 9.59 Å². The van der Waals surface area contributed by atoms with Crippen molar-refractivity contribution in [1.82, 2.24) is 15.3 Å². The summed E-state index contributed by atoms with van der Waals surface area (Å²) in [6.07, 6.45) is 2.09. The summed E-state index contributed by atoms with van der Waals surface area (Å²) in [7, 11) is 3.30.